The Labute approximate surface area is 174 Å². The lowest BCUT2D eigenvalue weighted by molar-refractivity contribution is -0.135. The van der Waals surface area contributed by atoms with Crippen LogP contribution in [-0.4, -0.2) is 60.9 Å². The number of amides is 2. The lowest BCUT2D eigenvalue weighted by Crippen LogP contribution is -2.51. The predicted molar refractivity (Wildman–Crippen MR) is 110 cm³/mol. The van der Waals surface area contributed by atoms with E-state index in [1.54, 1.807) is 17.0 Å². The molecule has 154 valence electrons. The molecule has 0 saturated carbocycles. The van der Waals surface area contributed by atoms with Crippen molar-refractivity contribution in [2.24, 2.45) is 0 Å². The SMILES string of the molecule is Cc1ccc(NC(=O)CN2CCN(C(=O)COc3ccc(F)cc3)CC2)c(Cl)c1. The van der Waals surface area contributed by atoms with Gasteiger partial charge in [0.25, 0.3) is 5.91 Å². The highest BCUT2D eigenvalue weighted by atomic mass is 35.5. The van der Waals surface area contributed by atoms with Crippen LogP contribution in [-0.2, 0) is 9.59 Å². The van der Waals surface area contributed by atoms with Crippen molar-refractivity contribution >= 4 is 29.1 Å². The van der Waals surface area contributed by atoms with Gasteiger partial charge < -0.3 is 15.0 Å². The Morgan fingerprint density at radius 2 is 1.79 bits per heavy atom. The molecule has 1 saturated heterocycles. The number of benzene rings is 2. The first kappa shape index (κ1) is 21.1. The van der Waals surface area contributed by atoms with Crippen LogP contribution in [0.3, 0.4) is 0 Å². The maximum absolute atomic E-state index is 12.9. The van der Waals surface area contributed by atoms with E-state index < -0.39 is 0 Å². The van der Waals surface area contributed by atoms with Crippen LogP contribution >= 0.6 is 11.6 Å². The largest absolute Gasteiger partial charge is 0.484 e. The molecule has 2 amide bonds. The number of rotatable bonds is 6. The van der Waals surface area contributed by atoms with Crippen molar-refractivity contribution in [2.75, 3.05) is 44.6 Å². The molecule has 8 heteroatoms. The Morgan fingerprint density at radius 1 is 1.10 bits per heavy atom. The first-order valence-electron chi connectivity index (χ1n) is 9.35. The number of nitrogens with zero attached hydrogens (tertiary/aromatic N) is 2. The number of hydrogen-bond acceptors (Lipinski definition) is 4. The van der Waals surface area contributed by atoms with Crippen molar-refractivity contribution in [1.82, 2.24) is 9.80 Å². The summed E-state index contributed by atoms with van der Waals surface area (Å²) < 4.78 is 18.3. The monoisotopic (exact) mass is 419 g/mol. The standard InChI is InChI=1S/C21H23ClFN3O3/c1-15-2-7-19(18(22)12-15)24-20(27)13-25-8-10-26(11-9-25)21(28)14-29-17-5-3-16(23)4-6-17/h2-7,12H,8-11,13-14H2,1H3,(H,24,27). The van der Waals surface area contributed by atoms with Crippen LogP contribution in [0.2, 0.25) is 5.02 Å². The second-order valence-electron chi connectivity index (χ2n) is 6.93. The predicted octanol–water partition coefficient (Wildman–Crippen LogP) is 2.95. The van der Waals surface area contributed by atoms with Gasteiger partial charge in [0.1, 0.15) is 11.6 Å². The molecule has 3 rings (SSSR count). The highest BCUT2D eigenvalue weighted by Gasteiger charge is 2.23. The van der Waals surface area contributed by atoms with E-state index in [9.17, 15) is 14.0 Å². The Kier molecular flexibility index (Phi) is 7.06. The third-order valence-electron chi connectivity index (χ3n) is 4.67. The van der Waals surface area contributed by atoms with Crippen LogP contribution in [0, 0.1) is 12.7 Å². The molecule has 1 aliphatic rings. The summed E-state index contributed by atoms with van der Waals surface area (Å²) >= 11 is 6.15. The van der Waals surface area contributed by atoms with Crippen molar-refractivity contribution < 1.29 is 18.7 Å². The van der Waals surface area contributed by atoms with Crippen molar-refractivity contribution in [2.45, 2.75) is 6.92 Å². The molecule has 0 atom stereocenters. The molecule has 0 bridgehead atoms. The van der Waals surface area contributed by atoms with Gasteiger partial charge in [-0.2, -0.15) is 0 Å². The summed E-state index contributed by atoms with van der Waals surface area (Å²) in [6.07, 6.45) is 0. The smallest absolute Gasteiger partial charge is 0.260 e. The van der Waals surface area contributed by atoms with E-state index in [2.05, 4.69) is 5.32 Å². The van der Waals surface area contributed by atoms with Gasteiger partial charge in [0.15, 0.2) is 6.61 Å². The number of hydrogen-bond donors (Lipinski definition) is 1. The lowest BCUT2D eigenvalue weighted by Gasteiger charge is -2.34. The van der Waals surface area contributed by atoms with Crippen molar-refractivity contribution in [3.05, 3.63) is 58.9 Å². The fourth-order valence-corrected chi connectivity index (χ4v) is 3.32. The second kappa shape index (κ2) is 9.71. The zero-order valence-electron chi connectivity index (χ0n) is 16.2. The molecular formula is C21H23ClFN3O3. The molecule has 0 aliphatic carbocycles. The Bertz CT molecular complexity index is 868. The van der Waals surface area contributed by atoms with Gasteiger partial charge in [-0.25, -0.2) is 4.39 Å². The van der Waals surface area contributed by atoms with Crippen LogP contribution in [0.5, 0.6) is 5.75 Å². The number of piperazine rings is 1. The van der Waals surface area contributed by atoms with E-state index in [1.807, 2.05) is 17.9 Å². The molecule has 1 aliphatic heterocycles. The molecule has 2 aromatic carbocycles. The number of nitrogens with one attached hydrogen (secondary N) is 1. The lowest BCUT2D eigenvalue weighted by atomic mass is 10.2. The van der Waals surface area contributed by atoms with Crippen LogP contribution in [0.15, 0.2) is 42.5 Å². The van der Waals surface area contributed by atoms with Gasteiger partial charge >= 0.3 is 0 Å². The van der Waals surface area contributed by atoms with E-state index in [0.717, 1.165) is 5.56 Å². The average Bonchev–Trinajstić information content (AvgIpc) is 2.70. The molecule has 6 nitrogen and oxygen atoms in total. The maximum atomic E-state index is 12.9. The molecule has 0 unspecified atom stereocenters. The van der Waals surface area contributed by atoms with Crippen molar-refractivity contribution in [3.63, 3.8) is 0 Å². The van der Waals surface area contributed by atoms with Crippen LogP contribution < -0.4 is 10.1 Å². The molecule has 1 heterocycles. The van der Waals surface area contributed by atoms with E-state index >= 15 is 0 Å². The molecular weight excluding hydrogens is 397 g/mol. The molecule has 29 heavy (non-hydrogen) atoms. The van der Waals surface area contributed by atoms with Crippen LogP contribution in [0.25, 0.3) is 0 Å². The quantitative estimate of drug-likeness (QED) is 0.782. The summed E-state index contributed by atoms with van der Waals surface area (Å²) in [5.74, 6) is -0.182. The summed E-state index contributed by atoms with van der Waals surface area (Å²) in [7, 11) is 0. The molecule has 0 aromatic heterocycles. The van der Waals surface area contributed by atoms with Crippen LogP contribution in [0.1, 0.15) is 5.56 Å². The van der Waals surface area contributed by atoms with E-state index in [4.69, 9.17) is 16.3 Å². The van der Waals surface area contributed by atoms with Gasteiger partial charge in [-0.1, -0.05) is 17.7 Å². The van der Waals surface area contributed by atoms with Crippen molar-refractivity contribution in [3.8, 4) is 5.75 Å². The number of carbonyl (C=O) groups is 2. The zero-order valence-corrected chi connectivity index (χ0v) is 16.9. The summed E-state index contributed by atoms with van der Waals surface area (Å²) in [6.45, 7) is 4.29. The first-order valence-corrected chi connectivity index (χ1v) is 9.73. The topological polar surface area (TPSA) is 61.9 Å². The maximum Gasteiger partial charge on any atom is 0.260 e. The molecule has 1 fully saturated rings. The number of ether oxygens (including phenoxy) is 1. The van der Waals surface area contributed by atoms with Gasteiger partial charge in [-0.3, -0.25) is 14.5 Å². The minimum atomic E-state index is -0.353. The summed E-state index contributed by atoms with van der Waals surface area (Å²) in [6, 6.07) is 11.0. The summed E-state index contributed by atoms with van der Waals surface area (Å²) in [5, 5.41) is 3.33. The zero-order chi connectivity index (χ0) is 20.8. The number of carbonyl (C=O) groups excluding carboxylic acids is 2. The fourth-order valence-electron chi connectivity index (χ4n) is 3.04. The third-order valence-corrected chi connectivity index (χ3v) is 4.98. The molecule has 0 radical (unpaired) electrons. The molecule has 2 aromatic rings. The normalized spacial score (nSPS) is 14.5. The minimum Gasteiger partial charge on any atom is -0.484 e. The number of aryl methyl sites for hydroxylation is 1. The van der Waals surface area contributed by atoms with Crippen molar-refractivity contribution in [1.29, 1.82) is 0 Å². The molecule has 1 N–H and O–H groups in total. The summed E-state index contributed by atoms with van der Waals surface area (Å²) in [4.78, 5) is 28.3. The van der Waals surface area contributed by atoms with Gasteiger partial charge in [0.05, 0.1) is 17.3 Å². The Morgan fingerprint density at radius 3 is 2.45 bits per heavy atom. The van der Waals surface area contributed by atoms with Gasteiger partial charge in [0.2, 0.25) is 5.91 Å². The molecule has 0 spiro atoms. The van der Waals surface area contributed by atoms with Gasteiger partial charge in [-0.05, 0) is 48.9 Å². The number of halogens is 2. The van der Waals surface area contributed by atoms with Gasteiger partial charge in [-0.15, -0.1) is 0 Å². The third kappa shape index (κ3) is 6.17. The van der Waals surface area contributed by atoms with Gasteiger partial charge in [0, 0.05) is 26.2 Å². The number of anilines is 1. The summed E-state index contributed by atoms with van der Waals surface area (Å²) in [5.41, 5.74) is 1.62. The average molecular weight is 420 g/mol. The van der Waals surface area contributed by atoms with E-state index in [1.165, 1.54) is 24.3 Å². The van der Waals surface area contributed by atoms with E-state index in [0.29, 0.717) is 42.6 Å². The first-order chi connectivity index (χ1) is 13.9. The Hall–Kier alpha value is -2.64. The van der Waals surface area contributed by atoms with E-state index in [-0.39, 0.29) is 30.8 Å². The fraction of sp³-hybridized carbons (Fsp3) is 0.333. The highest BCUT2D eigenvalue weighted by molar-refractivity contribution is 6.33. The second-order valence-corrected chi connectivity index (χ2v) is 7.34. The van der Waals surface area contributed by atoms with Crippen LogP contribution in [0.4, 0.5) is 10.1 Å². The Balaban J connectivity index is 1.40. The minimum absolute atomic E-state index is 0.0992. The highest BCUT2D eigenvalue weighted by Crippen LogP contribution is 2.22.